The molecule has 1 unspecified atom stereocenters. The predicted molar refractivity (Wildman–Crippen MR) is 47.3 cm³/mol. The maximum atomic E-state index is 9.65. The number of hydrogen-bond donors (Lipinski definition) is 1. The summed E-state index contributed by atoms with van der Waals surface area (Å²) in [5, 5.41) is 9.65. The second-order valence-corrected chi connectivity index (χ2v) is 3.94. The lowest BCUT2D eigenvalue weighted by atomic mass is 9.78. The predicted octanol–water partition coefficient (Wildman–Crippen LogP) is 2.36. The summed E-state index contributed by atoms with van der Waals surface area (Å²) in [5.74, 6) is 1.06. The van der Waals surface area contributed by atoms with E-state index >= 15 is 0 Å². The number of hydrogen-bond acceptors (Lipinski definition) is 1. The van der Waals surface area contributed by atoms with Crippen molar-refractivity contribution in [3.05, 3.63) is 12.2 Å². The van der Waals surface area contributed by atoms with E-state index < -0.39 is 0 Å². The Bertz CT molecular complexity index is 151. The van der Waals surface area contributed by atoms with Gasteiger partial charge in [0.1, 0.15) is 0 Å². The minimum absolute atomic E-state index is 0.128. The van der Waals surface area contributed by atoms with E-state index in [1.165, 1.54) is 6.42 Å². The fraction of sp³-hybridized carbons (Fsp3) is 0.800. The van der Waals surface area contributed by atoms with Crippen molar-refractivity contribution >= 4 is 0 Å². The lowest BCUT2D eigenvalue weighted by Crippen LogP contribution is -2.28. The van der Waals surface area contributed by atoms with E-state index in [2.05, 4.69) is 13.5 Å². The molecule has 1 fully saturated rings. The molecule has 1 aliphatic carbocycles. The molecule has 0 saturated heterocycles. The Morgan fingerprint density at radius 1 is 1.45 bits per heavy atom. The van der Waals surface area contributed by atoms with Crippen LogP contribution in [-0.4, -0.2) is 11.2 Å². The minimum atomic E-state index is -0.128. The van der Waals surface area contributed by atoms with Crippen molar-refractivity contribution < 1.29 is 5.11 Å². The smallest absolute Gasteiger partial charge is 0.0607 e. The summed E-state index contributed by atoms with van der Waals surface area (Å²) in [6.45, 7) is 8.12. The summed E-state index contributed by atoms with van der Waals surface area (Å²) in [5.41, 5.74) is 1.14. The zero-order chi connectivity index (χ0) is 8.43. The quantitative estimate of drug-likeness (QED) is 0.575. The van der Waals surface area contributed by atoms with Crippen LogP contribution in [-0.2, 0) is 0 Å². The molecule has 0 amide bonds. The van der Waals surface area contributed by atoms with Gasteiger partial charge in [0.25, 0.3) is 0 Å². The van der Waals surface area contributed by atoms with Gasteiger partial charge in [-0.05, 0) is 32.1 Å². The maximum Gasteiger partial charge on any atom is 0.0607 e. The van der Waals surface area contributed by atoms with Gasteiger partial charge in [-0.3, -0.25) is 0 Å². The van der Waals surface area contributed by atoms with Crippen molar-refractivity contribution in [1.82, 2.24) is 0 Å². The van der Waals surface area contributed by atoms with E-state index in [0.717, 1.165) is 18.4 Å². The third-order valence-electron chi connectivity index (χ3n) is 2.71. The number of aliphatic hydroxyl groups excluding tert-OH is 1. The molecule has 3 atom stereocenters. The Hall–Kier alpha value is -0.300. The number of rotatable bonds is 1. The Morgan fingerprint density at radius 3 is 2.55 bits per heavy atom. The largest absolute Gasteiger partial charge is 0.392 e. The first-order valence-electron chi connectivity index (χ1n) is 4.44. The Kier molecular flexibility index (Phi) is 2.72. The van der Waals surface area contributed by atoms with Gasteiger partial charge in [0.2, 0.25) is 0 Å². The van der Waals surface area contributed by atoms with Crippen LogP contribution in [0.3, 0.4) is 0 Å². The van der Waals surface area contributed by atoms with Gasteiger partial charge >= 0.3 is 0 Å². The lowest BCUT2D eigenvalue weighted by molar-refractivity contribution is 0.0656. The van der Waals surface area contributed by atoms with Crippen LogP contribution in [0.25, 0.3) is 0 Å². The molecule has 64 valence electrons. The highest BCUT2D eigenvalue weighted by Gasteiger charge is 2.26. The van der Waals surface area contributed by atoms with Crippen molar-refractivity contribution in [1.29, 1.82) is 0 Å². The van der Waals surface area contributed by atoms with E-state index in [0.29, 0.717) is 11.8 Å². The molecule has 1 nitrogen and oxygen atoms in total. The fourth-order valence-electron chi connectivity index (χ4n) is 1.93. The zero-order valence-electron chi connectivity index (χ0n) is 7.51. The van der Waals surface area contributed by atoms with Gasteiger partial charge in [0.15, 0.2) is 0 Å². The van der Waals surface area contributed by atoms with Crippen LogP contribution < -0.4 is 0 Å². The molecule has 0 aliphatic heterocycles. The average molecular weight is 154 g/mol. The molecule has 1 heteroatoms. The third-order valence-corrected chi connectivity index (χ3v) is 2.71. The molecule has 0 bridgehead atoms. The molecule has 1 saturated carbocycles. The molecule has 11 heavy (non-hydrogen) atoms. The van der Waals surface area contributed by atoms with Gasteiger partial charge in [-0.1, -0.05) is 19.1 Å². The van der Waals surface area contributed by atoms with Gasteiger partial charge in [0.05, 0.1) is 6.10 Å². The highest BCUT2D eigenvalue weighted by Crippen LogP contribution is 2.32. The van der Waals surface area contributed by atoms with Crippen molar-refractivity contribution in [2.45, 2.75) is 39.2 Å². The normalized spacial score (nSPS) is 38.6. The Balaban J connectivity index is 2.50. The van der Waals surface area contributed by atoms with Crippen LogP contribution in [0, 0.1) is 11.8 Å². The summed E-state index contributed by atoms with van der Waals surface area (Å²) in [6.07, 6.45) is 3.19. The van der Waals surface area contributed by atoms with Gasteiger partial charge < -0.3 is 5.11 Å². The van der Waals surface area contributed by atoms with Gasteiger partial charge in [-0.2, -0.15) is 0 Å². The van der Waals surface area contributed by atoms with Gasteiger partial charge in [-0.25, -0.2) is 0 Å². The third kappa shape index (κ3) is 2.06. The van der Waals surface area contributed by atoms with Crippen LogP contribution in [0.1, 0.15) is 33.1 Å². The summed E-state index contributed by atoms with van der Waals surface area (Å²) in [4.78, 5) is 0. The molecule has 0 aromatic carbocycles. The minimum Gasteiger partial charge on any atom is -0.392 e. The van der Waals surface area contributed by atoms with E-state index in [9.17, 15) is 5.11 Å². The summed E-state index contributed by atoms with van der Waals surface area (Å²) < 4.78 is 0. The lowest BCUT2D eigenvalue weighted by Gasteiger charge is -2.31. The second-order valence-electron chi connectivity index (χ2n) is 3.94. The standard InChI is InChI=1S/C10H18O/c1-7(2)9-5-4-8(3)6-10(9)11/h8-11H,1,4-6H2,2-3H3/t8-,9?,10+/m0/s1. The molecule has 1 N–H and O–H groups in total. The monoisotopic (exact) mass is 154 g/mol. The highest BCUT2D eigenvalue weighted by molar-refractivity contribution is 5.01. The first-order chi connectivity index (χ1) is 5.11. The molecule has 0 radical (unpaired) electrons. The first kappa shape index (κ1) is 8.79. The zero-order valence-corrected chi connectivity index (χ0v) is 7.51. The molecule has 0 aromatic heterocycles. The molecular weight excluding hydrogens is 136 g/mol. The van der Waals surface area contributed by atoms with Crippen LogP contribution in [0.4, 0.5) is 0 Å². The molecule has 0 aromatic rings. The number of aliphatic hydroxyl groups is 1. The SMILES string of the molecule is C=C(C)C1CC[C@H](C)C[C@H]1O. The van der Waals surface area contributed by atoms with Crippen molar-refractivity contribution in [2.24, 2.45) is 11.8 Å². The molecule has 1 rings (SSSR count). The highest BCUT2D eigenvalue weighted by atomic mass is 16.3. The maximum absolute atomic E-state index is 9.65. The summed E-state index contributed by atoms with van der Waals surface area (Å²) >= 11 is 0. The van der Waals surface area contributed by atoms with E-state index in [1.54, 1.807) is 0 Å². The van der Waals surface area contributed by atoms with Crippen molar-refractivity contribution in [2.75, 3.05) is 0 Å². The molecule has 0 spiro atoms. The second kappa shape index (κ2) is 3.40. The van der Waals surface area contributed by atoms with Crippen molar-refractivity contribution in [3.63, 3.8) is 0 Å². The molecule has 1 aliphatic rings. The van der Waals surface area contributed by atoms with Crippen LogP contribution in [0.2, 0.25) is 0 Å². The molecular formula is C10H18O. The molecule has 0 heterocycles. The van der Waals surface area contributed by atoms with E-state index in [1.807, 2.05) is 6.92 Å². The average Bonchev–Trinajstić information content (AvgIpc) is 1.85. The Morgan fingerprint density at radius 2 is 2.09 bits per heavy atom. The summed E-state index contributed by atoms with van der Waals surface area (Å²) in [7, 11) is 0. The van der Waals surface area contributed by atoms with Crippen LogP contribution >= 0.6 is 0 Å². The fourth-order valence-corrected chi connectivity index (χ4v) is 1.93. The first-order valence-corrected chi connectivity index (χ1v) is 4.44. The van der Waals surface area contributed by atoms with Crippen molar-refractivity contribution in [3.8, 4) is 0 Å². The Labute approximate surface area is 69.1 Å². The van der Waals surface area contributed by atoms with Gasteiger partial charge in [0, 0.05) is 5.92 Å². The van der Waals surface area contributed by atoms with Crippen LogP contribution in [0.5, 0.6) is 0 Å². The summed E-state index contributed by atoms with van der Waals surface area (Å²) in [6, 6.07) is 0. The van der Waals surface area contributed by atoms with Gasteiger partial charge in [-0.15, -0.1) is 0 Å². The topological polar surface area (TPSA) is 20.2 Å². The van der Waals surface area contributed by atoms with Crippen LogP contribution in [0.15, 0.2) is 12.2 Å². The van der Waals surface area contributed by atoms with E-state index in [-0.39, 0.29) is 6.10 Å². The van der Waals surface area contributed by atoms with E-state index in [4.69, 9.17) is 0 Å².